The highest BCUT2D eigenvalue weighted by molar-refractivity contribution is 7.90. The molecule has 0 saturated carbocycles. The second-order valence-corrected chi connectivity index (χ2v) is 9.67. The SMILES string of the molecule is C=Cc1cc(C(=O)N(Cc2ccc(S(C)(=O)=O)cc2)c2cccc(C(F)(F)F)c2)c(=O)[nH]c1C. The molecule has 2 aromatic carbocycles. The lowest BCUT2D eigenvalue weighted by atomic mass is 10.1. The molecule has 1 N–H and O–H groups in total. The summed E-state index contributed by atoms with van der Waals surface area (Å²) < 4.78 is 63.4. The number of carbonyl (C=O) groups excluding carboxylic acids is 1. The zero-order chi connectivity index (χ0) is 25.3. The van der Waals surface area contributed by atoms with Gasteiger partial charge in [-0.3, -0.25) is 9.59 Å². The van der Waals surface area contributed by atoms with Crippen molar-refractivity contribution in [2.45, 2.75) is 24.5 Å². The number of hydrogen-bond acceptors (Lipinski definition) is 4. The van der Waals surface area contributed by atoms with Crippen molar-refractivity contribution < 1.29 is 26.4 Å². The molecule has 1 amide bonds. The van der Waals surface area contributed by atoms with Gasteiger partial charge in [0, 0.05) is 17.6 Å². The van der Waals surface area contributed by atoms with Crippen LogP contribution in [0.5, 0.6) is 0 Å². The summed E-state index contributed by atoms with van der Waals surface area (Å²) in [6, 6.07) is 11.1. The van der Waals surface area contributed by atoms with Gasteiger partial charge in [-0.2, -0.15) is 13.2 Å². The number of alkyl halides is 3. The predicted octanol–water partition coefficient (Wildman–Crippen LogP) is 4.60. The van der Waals surface area contributed by atoms with Gasteiger partial charge >= 0.3 is 6.18 Å². The Balaban J connectivity index is 2.12. The first-order valence-corrected chi connectivity index (χ1v) is 11.8. The molecule has 0 spiro atoms. The maximum atomic E-state index is 13.4. The fourth-order valence-electron chi connectivity index (χ4n) is 3.31. The number of sulfone groups is 1. The fraction of sp³-hybridized carbons (Fsp3) is 0.167. The molecule has 178 valence electrons. The van der Waals surface area contributed by atoms with E-state index in [4.69, 9.17) is 0 Å². The highest BCUT2D eigenvalue weighted by atomic mass is 32.2. The molecule has 0 aliphatic rings. The van der Waals surface area contributed by atoms with Gasteiger partial charge in [0.2, 0.25) is 0 Å². The van der Waals surface area contributed by atoms with Crippen molar-refractivity contribution in [2.24, 2.45) is 0 Å². The van der Waals surface area contributed by atoms with Crippen LogP contribution in [0.2, 0.25) is 0 Å². The molecule has 3 rings (SSSR count). The van der Waals surface area contributed by atoms with E-state index in [1.54, 1.807) is 6.92 Å². The Morgan fingerprint density at radius 1 is 1.12 bits per heavy atom. The van der Waals surface area contributed by atoms with Crippen LogP contribution in [0.15, 0.2) is 70.9 Å². The number of aromatic amines is 1. The largest absolute Gasteiger partial charge is 0.416 e. The third-order valence-electron chi connectivity index (χ3n) is 5.15. The number of hydrogen-bond donors (Lipinski definition) is 1. The molecule has 1 heterocycles. The van der Waals surface area contributed by atoms with Crippen molar-refractivity contribution in [3.8, 4) is 0 Å². The number of rotatable bonds is 6. The van der Waals surface area contributed by atoms with Crippen LogP contribution in [0.1, 0.15) is 32.7 Å². The van der Waals surface area contributed by atoms with Crippen LogP contribution < -0.4 is 10.5 Å². The minimum absolute atomic E-state index is 0.0544. The molecular formula is C24H21F3N2O4S. The molecule has 0 aliphatic heterocycles. The second kappa shape index (κ2) is 9.30. The molecule has 0 radical (unpaired) electrons. The van der Waals surface area contributed by atoms with Gasteiger partial charge < -0.3 is 9.88 Å². The van der Waals surface area contributed by atoms with Crippen LogP contribution in [-0.4, -0.2) is 25.6 Å². The van der Waals surface area contributed by atoms with E-state index >= 15 is 0 Å². The second-order valence-electron chi connectivity index (χ2n) is 7.65. The molecule has 0 aliphatic carbocycles. The van der Waals surface area contributed by atoms with E-state index in [-0.39, 0.29) is 22.7 Å². The van der Waals surface area contributed by atoms with E-state index in [0.717, 1.165) is 23.3 Å². The number of pyridine rings is 1. The zero-order valence-electron chi connectivity index (χ0n) is 18.3. The fourth-order valence-corrected chi connectivity index (χ4v) is 3.94. The predicted molar refractivity (Wildman–Crippen MR) is 123 cm³/mol. The lowest BCUT2D eigenvalue weighted by Gasteiger charge is -2.24. The van der Waals surface area contributed by atoms with Gasteiger partial charge in [0.1, 0.15) is 5.56 Å². The number of nitrogens with one attached hydrogen (secondary N) is 1. The number of amides is 1. The van der Waals surface area contributed by atoms with Gasteiger partial charge in [-0.25, -0.2) is 8.42 Å². The summed E-state index contributed by atoms with van der Waals surface area (Å²) in [6.45, 7) is 5.06. The van der Waals surface area contributed by atoms with Crippen LogP contribution in [0, 0.1) is 6.92 Å². The lowest BCUT2D eigenvalue weighted by Crippen LogP contribution is -2.35. The van der Waals surface area contributed by atoms with Crippen molar-refractivity contribution >= 4 is 27.5 Å². The minimum Gasteiger partial charge on any atom is -0.325 e. The highest BCUT2D eigenvalue weighted by Crippen LogP contribution is 2.32. The summed E-state index contributed by atoms with van der Waals surface area (Å²) in [5.41, 5.74) is -0.580. The van der Waals surface area contributed by atoms with Gasteiger partial charge in [-0.1, -0.05) is 30.9 Å². The smallest absolute Gasteiger partial charge is 0.325 e. The Kier molecular flexibility index (Phi) is 6.83. The van der Waals surface area contributed by atoms with E-state index in [1.165, 1.54) is 48.5 Å². The summed E-state index contributed by atoms with van der Waals surface area (Å²) >= 11 is 0. The molecule has 0 fully saturated rings. The van der Waals surface area contributed by atoms with Gasteiger partial charge in [-0.15, -0.1) is 0 Å². The van der Waals surface area contributed by atoms with Crippen LogP contribution >= 0.6 is 0 Å². The van der Waals surface area contributed by atoms with Gasteiger partial charge in [0.15, 0.2) is 9.84 Å². The Morgan fingerprint density at radius 3 is 2.32 bits per heavy atom. The van der Waals surface area contributed by atoms with Crippen molar-refractivity contribution in [1.82, 2.24) is 4.98 Å². The van der Waals surface area contributed by atoms with Crippen LogP contribution in [0.25, 0.3) is 6.08 Å². The van der Waals surface area contributed by atoms with Crippen LogP contribution in [0.3, 0.4) is 0 Å². The third kappa shape index (κ3) is 5.45. The average molecular weight is 491 g/mol. The van der Waals surface area contributed by atoms with Crippen molar-refractivity contribution in [3.05, 3.63) is 99.5 Å². The molecular weight excluding hydrogens is 469 g/mol. The maximum absolute atomic E-state index is 13.4. The summed E-state index contributed by atoms with van der Waals surface area (Å²) in [4.78, 5) is 29.6. The Labute approximate surface area is 194 Å². The molecule has 3 aromatic rings. The Hall–Kier alpha value is -3.66. The number of benzene rings is 2. The van der Waals surface area contributed by atoms with Crippen molar-refractivity contribution in [1.29, 1.82) is 0 Å². The maximum Gasteiger partial charge on any atom is 0.416 e. The normalized spacial score (nSPS) is 11.8. The number of aromatic nitrogens is 1. The highest BCUT2D eigenvalue weighted by Gasteiger charge is 2.32. The van der Waals surface area contributed by atoms with E-state index < -0.39 is 33.0 Å². The lowest BCUT2D eigenvalue weighted by molar-refractivity contribution is -0.137. The summed E-state index contributed by atoms with van der Waals surface area (Å²) in [6.07, 6.45) is -2.15. The van der Waals surface area contributed by atoms with Gasteiger partial charge in [0.05, 0.1) is 17.0 Å². The monoisotopic (exact) mass is 490 g/mol. The Morgan fingerprint density at radius 2 is 1.76 bits per heavy atom. The topological polar surface area (TPSA) is 87.3 Å². The number of halogens is 3. The molecule has 0 saturated heterocycles. The van der Waals surface area contributed by atoms with Crippen LogP contribution in [0.4, 0.5) is 18.9 Å². The van der Waals surface area contributed by atoms with Crippen molar-refractivity contribution in [2.75, 3.05) is 11.2 Å². The quantitative estimate of drug-likeness (QED) is 0.547. The van der Waals surface area contributed by atoms with E-state index in [1.807, 2.05) is 0 Å². The summed E-state index contributed by atoms with van der Waals surface area (Å²) in [5, 5.41) is 0. The summed E-state index contributed by atoms with van der Waals surface area (Å²) in [7, 11) is -3.46. The number of nitrogens with zero attached hydrogens (tertiary/aromatic N) is 1. The zero-order valence-corrected chi connectivity index (χ0v) is 19.1. The first-order valence-electron chi connectivity index (χ1n) is 9.95. The average Bonchev–Trinajstić information content (AvgIpc) is 2.76. The van der Waals surface area contributed by atoms with E-state index in [2.05, 4.69) is 11.6 Å². The molecule has 34 heavy (non-hydrogen) atoms. The Bertz CT molecular complexity index is 1410. The molecule has 6 nitrogen and oxygen atoms in total. The molecule has 1 aromatic heterocycles. The van der Waals surface area contributed by atoms with E-state index in [9.17, 15) is 31.2 Å². The first-order chi connectivity index (χ1) is 15.8. The number of carbonyl (C=O) groups is 1. The van der Waals surface area contributed by atoms with Gasteiger partial charge in [0.25, 0.3) is 11.5 Å². The minimum atomic E-state index is -4.64. The number of anilines is 1. The molecule has 10 heteroatoms. The molecule has 0 bridgehead atoms. The number of aryl methyl sites for hydroxylation is 1. The number of H-pyrrole nitrogens is 1. The summed E-state index contributed by atoms with van der Waals surface area (Å²) in [5.74, 6) is -0.823. The standard InChI is InChI=1S/C24H21F3N2O4S/c1-4-17-12-21(22(30)28-15(17)2)23(31)29(19-7-5-6-18(13-19)24(25,26)27)14-16-8-10-20(11-9-16)34(3,32)33/h4-13H,1,14H2,2-3H3,(H,28,30). The van der Waals surface area contributed by atoms with Gasteiger partial charge in [-0.05, 0) is 54.4 Å². The molecule has 0 atom stereocenters. The van der Waals surface area contributed by atoms with Crippen molar-refractivity contribution in [3.63, 3.8) is 0 Å². The molecule has 0 unspecified atom stereocenters. The first kappa shape index (κ1) is 25.0. The third-order valence-corrected chi connectivity index (χ3v) is 6.28. The van der Waals surface area contributed by atoms with E-state index in [0.29, 0.717) is 16.8 Å². The van der Waals surface area contributed by atoms with Crippen LogP contribution in [-0.2, 0) is 22.6 Å².